The summed E-state index contributed by atoms with van der Waals surface area (Å²) < 4.78 is 10.7. The lowest BCUT2D eigenvalue weighted by Gasteiger charge is -2.57. The highest BCUT2D eigenvalue weighted by atomic mass is 16.7. The Morgan fingerprint density at radius 3 is 2.45 bits per heavy atom. The number of fused-ring (bicyclic) bond motifs is 1. The van der Waals surface area contributed by atoms with Gasteiger partial charge in [0.25, 0.3) is 5.91 Å². The average molecular weight is 394 g/mol. The fourth-order valence-electron chi connectivity index (χ4n) is 6.89. The highest BCUT2D eigenvalue weighted by Gasteiger charge is 2.51. The number of urea groups is 1. The molecule has 0 aromatic heterocycles. The smallest absolute Gasteiger partial charge is 0.329 e. The summed E-state index contributed by atoms with van der Waals surface area (Å²) in [6, 6.07) is 5.21. The lowest BCUT2D eigenvalue weighted by atomic mass is 9.49. The Bertz CT molecular complexity index is 886. The van der Waals surface area contributed by atoms with Crippen LogP contribution in [0.15, 0.2) is 23.9 Å². The van der Waals surface area contributed by atoms with E-state index >= 15 is 0 Å². The number of carbonyl (C=O) groups excluding carboxylic acids is 2. The van der Waals surface area contributed by atoms with Crippen LogP contribution in [0.3, 0.4) is 0 Å². The van der Waals surface area contributed by atoms with E-state index in [1.165, 1.54) is 43.4 Å². The van der Waals surface area contributed by atoms with Crippen molar-refractivity contribution in [2.75, 3.05) is 13.3 Å². The molecule has 1 N–H and O–H groups in total. The summed E-state index contributed by atoms with van der Waals surface area (Å²) in [7, 11) is 0. The molecule has 6 nitrogen and oxygen atoms in total. The average Bonchev–Trinajstić information content (AvgIpc) is 3.23. The third kappa shape index (κ3) is 2.92. The van der Waals surface area contributed by atoms with Crippen molar-refractivity contribution in [3.63, 3.8) is 0 Å². The van der Waals surface area contributed by atoms with E-state index in [0.29, 0.717) is 29.2 Å². The van der Waals surface area contributed by atoms with E-state index in [1.807, 2.05) is 18.2 Å². The second-order valence-electron chi connectivity index (χ2n) is 9.73. The van der Waals surface area contributed by atoms with Crippen molar-refractivity contribution >= 4 is 18.0 Å². The first-order valence-corrected chi connectivity index (χ1v) is 10.8. The molecule has 5 fully saturated rings. The molecule has 2 heterocycles. The summed E-state index contributed by atoms with van der Waals surface area (Å²) in [5, 5.41) is 2.76. The first kappa shape index (κ1) is 17.4. The van der Waals surface area contributed by atoms with Crippen molar-refractivity contribution in [2.45, 2.75) is 44.9 Å². The highest BCUT2D eigenvalue weighted by Crippen LogP contribution is 2.61. The number of imide groups is 1. The molecule has 29 heavy (non-hydrogen) atoms. The van der Waals surface area contributed by atoms with Gasteiger partial charge in [0.15, 0.2) is 11.5 Å². The van der Waals surface area contributed by atoms with Crippen molar-refractivity contribution in [3.8, 4) is 11.5 Å². The summed E-state index contributed by atoms with van der Waals surface area (Å²) in [5.41, 5.74) is 1.50. The van der Waals surface area contributed by atoms with Gasteiger partial charge in [-0.15, -0.1) is 0 Å². The maximum atomic E-state index is 12.9. The van der Waals surface area contributed by atoms with Gasteiger partial charge in [0.2, 0.25) is 6.79 Å². The van der Waals surface area contributed by atoms with Crippen molar-refractivity contribution in [1.82, 2.24) is 10.2 Å². The molecule has 7 rings (SSSR count). The largest absolute Gasteiger partial charge is 0.454 e. The van der Waals surface area contributed by atoms with E-state index in [1.54, 1.807) is 6.08 Å². The van der Waals surface area contributed by atoms with Crippen molar-refractivity contribution in [3.05, 3.63) is 29.5 Å². The van der Waals surface area contributed by atoms with Gasteiger partial charge in [0.1, 0.15) is 5.70 Å². The molecular formula is C23H26N2O4. The minimum Gasteiger partial charge on any atom is -0.454 e. The first-order valence-electron chi connectivity index (χ1n) is 10.8. The van der Waals surface area contributed by atoms with E-state index in [2.05, 4.69) is 5.32 Å². The molecule has 0 radical (unpaired) electrons. The van der Waals surface area contributed by atoms with Crippen LogP contribution in [0, 0.1) is 23.2 Å². The lowest BCUT2D eigenvalue weighted by molar-refractivity contribution is -0.123. The van der Waals surface area contributed by atoms with E-state index in [0.717, 1.165) is 29.7 Å². The predicted octanol–water partition coefficient (Wildman–Crippen LogP) is 3.91. The molecule has 1 aromatic rings. The second-order valence-corrected chi connectivity index (χ2v) is 9.73. The van der Waals surface area contributed by atoms with Crippen LogP contribution in [0.25, 0.3) is 6.08 Å². The third-order valence-electron chi connectivity index (χ3n) is 7.70. The van der Waals surface area contributed by atoms with Gasteiger partial charge in [0, 0.05) is 6.54 Å². The number of carbonyl (C=O) groups is 2. The van der Waals surface area contributed by atoms with Gasteiger partial charge in [-0.2, -0.15) is 0 Å². The quantitative estimate of drug-likeness (QED) is 0.621. The van der Waals surface area contributed by atoms with Gasteiger partial charge in [-0.1, -0.05) is 6.07 Å². The Kier molecular flexibility index (Phi) is 3.74. The molecule has 4 saturated carbocycles. The Morgan fingerprint density at radius 2 is 1.72 bits per heavy atom. The molecule has 2 aliphatic heterocycles. The molecule has 6 aliphatic rings. The molecule has 1 saturated heterocycles. The molecule has 4 bridgehead atoms. The Morgan fingerprint density at radius 1 is 1.03 bits per heavy atom. The standard InChI is InChI=1S/C23H26N2O4/c26-21-18(8-14-1-2-19-20(9-14)29-13-28-19)24-22(27)25(21)4-3-23-10-15-5-16(11-23)7-17(6-15)12-23/h1-2,8-9,15-17H,3-7,10-13H2,(H,24,27)/b18-8-. The van der Waals surface area contributed by atoms with Gasteiger partial charge in [-0.25, -0.2) is 4.79 Å². The van der Waals surface area contributed by atoms with Crippen LogP contribution in [0.1, 0.15) is 50.5 Å². The molecule has 4 aliphatic carbocycles. The second kappa shape index (κ2) is 6.25. The van der Waals surface area contributed by atoms with Crippen LogP contribution in [0.4, 0.5) is 4.79 Å². The number of amides is 3. The van der Waals surface area contributed by atoms with Crippen molar-refractivity contribution in [2.24, 2.45) is 23.2 Å². The van der Waals surface area contributed by atoms with Crippen LogP contribution in [-0.2, 0) is 4.79 Å². The van der Waals surface area contributed by atoms with E-state index in [4.69, 9.17) is 9.47 Å². The Balaban J connectivity index is 1.16. The molecular weight excluding hydrogens is 368 g/mol. The number of nitrogens with one attached hydrogen (secondary N) is 1. The zero-order valence-corrected chi connectivity index (χ0v) is 16.5. The summed E-state index contributed by atoms with van der Waals surface area (Å²) >= 11 is 0. The zero-order chi connectivity index (χ0) is 19.6. The Labute approximate surface area is 170 Å². The fourth-order valence-corrected chi connectivity index (χ4v) is 6.89. The van der Waals surface area contributed by atoms with Gasteiger partial charge in [0.05, 0.1) is 0 Å². The topological polar surface area (TPSA) is 67.9 Å². The number of rotatable bonds is 4. The monoisotopic (exact) mass is 394 g/mol. The van der Waals surface area contributed by atoms with Crippen LogP contribution in [0.5, 0.6) is 11.5 Å². The van der Waals surface area contributed by atoms with Crippen molar-refractivity contribution < 1.29 is 19.1 Å². The van der Waals surface area contributed by atoms with E-state index in [9.17, 15) is 9.59 Å². The van der Waals surface area contributed by atoms with Crippen LogP contribution in [0.2, 0.25) is 0 Å². The number of nitrogens with zero attached hydrogens (tertiary/aromatic N) is 1. The predicted molar refractivity (Wildman–Crippen MR) is 106 cm³/mol. The van der Waals surface area contributed by atoms with Crippen molar-refractivity contribution in [1.29, 1.82) is 0 Å². The maximum absolute atomic E-state index is 12.9. The van der Waals surface area contributed by atoms with Gasteiger partial charge >= 0.3 is 6.03 Å². The minimum absolute atomic E-state index is 0.211. The minimum atomic E-state index is -0.299. The first-order chi connectivity index (χ1) is 14.1. The molecule has 0 unspecified atom stereocenters. The lowest BCUT2D eigenvalue weighted by Crippen LogP contribution is -2.47. The number of benzene rings is 1. The summed E-state index contributed by atoms with van der Waals surface area (Å²) in [5.74, 6) is 3.78. The number of ether oxygens (including phenoxy) is 2. The molecule has 6 heteroatoms. The SMILES string of the molecule is O=C1N/C(=C\c2ccc3c(c2)OCO3)C(=O)N1CCC12CC3CC(CC(C3)C1)C2. The molecule has 1 aromatic carbocycles. The normalized spacial score (nSPS) is 35.7. The maximum Gasteiger partial charge on any atom is 0.329 e. The van der Waals surface area contributed by atoms with E-state index < -0.39 is 0 Å². The molecule has 0 atom stereocenters. The number of hydrogen-bond acceptors (Lipinski definition) is 4. The van der Waals surface area contributed by atoms with Crippen LogP contribution < -0.4 is 14.8 Å². The summed E-state index contributed by atoms with van der Waals surface area (Å²) in [6.07, 6.45) is 10.8. The van der Waals surface area contributed by atoms with Crippen LogP contribution >= 0.6 is 0 Å². The highest BCUT2D eigenvalue weighted by molar-refractivity contribution is 6.14. The molecule has 3 amide bonds. The Hall–Kier alpha value is -2.50. The fraction of sp³-hybridized carbons (Fsp3) is 0.565. The zero-order valence-electron chi connectivity index (χ0n) is 16.5. The van der Waals surface area contributed by atoms with E-state index in [-0.39, 0.29) is 18.7 Å². The van der Waals surface area contributed by atoms with Gasteiger partial charge in [-0.05, 0) is 91.9 Å². The molecule has 0 spiro atoms. The van der Waals surface area contributed by atoms with Gasteiger partial charge in [-0.3, -0.25) is 9.69 Å². The van der Waals surface area contributed by atoms with Crippen LogP contribution in [-0.4, -0.2) is 30.2 Å². The summed E-state index contributed by atoms with van der Waals surface area (Å²) in [6.45, 7) is 0.735. The summed E-state index contributed by atoms with van der Waals surface area (Å²) in [4.78, 5) is 26.8. The molecule has 152 valence electrons. The third-order valence-corrected chi connectivity index (χ3v) is 7.70. The number of hydrogen-bond donors (Lipinski definition) is 1. The van der Waals surface area contributed by atoms with Gasteiger partial charge < -0.3 is 14.8 Å².